The van der Waals surface area contributed by atoms with Crippen molar-refractivity contribution >= 4 is 24.1 Å². The summed E-state index contributed by atoms with van der Waals surface area (Å²) in [5, 5.41) is 25.0. The Labute approximate surface area is 185 Å². The number of likely N-dealkylation sites (N-methyl/N-ethyl adjacent to an activating group) is 1. The van der Waals surface area contributed by atoms with E-state index in [0.717, 1.165) is 17.7 Å². The van der Waals surface area contributed by atoms with Crippen LogP contribution in [0.2, 0.25) is 0 Å². The number of urea groups is 1. The minimum Gasteiger partial charge on any atom is -0.394 e. The van der Waals surface area contributed by atoms with Gasteiger partial charge in [0.1, 0.15) is 23.8 Å². The topological polar surface area (TPSA) is 94.1 Å². The molecule has 1 fully saturated rings. The van der Waals surface area contributed by atoms with Crippen molar-refractivity contribution in [2.75, 3.05) is 25.5 Å². The van der Waals surface area contributed by atoms with Crippen LogP contribution in [0.1, 0.15) is 5.56 Å². The van der Waals surface area contributed by atoms with Gasteiger partial charge in [-0.1, -0.05) is 30.3 Å². The van der Waals surface area contributed by atoms with E-state index in [1.165, 1.54) is 0 Å². The summed E-state index contributed by atoms with van der Waals surface area (Å²) in [7, 11) is 1.82. The summed E-state index contributed by atoms with van der Waals surface area (Å²) < 4.78 is 32.4. The van der Waals surface area contributed by atoms with E-state index < -0.39 is 42.0 Å². The summed E-state index contributed by atoms with van der Waals surface area (Å²) >= 11 is 0. The minimum absolute atomic E-state index is 0. The average molecular weight is 458 g/mol. The maximum absolute atomic E-state index is 13.7. The molecule has 4 atom stereocenters. The Morgan fingerprint density at radius 1 is 1.16 bits per heavy atom. The third-order valence-corrected chi connectivity index (χ3v) is 5.07. The monoisotopic (exact) mass is 457 g/mol. The Morgan fingerprint density at radius 2 is 1.87 bits per heavy atom. The Morgan fingerprint density at radius 3 is 2.52 bits per heavy atom. The lowest BCUT2D eigenvalue weighted by atomic mass is 10.0. The number of benzene rings is 2. The maximum Gasteiger partial charge on any atom is 0.319 e. The number of hydrogen-bond donors (Lipinski definition) is 4. The lowest BCUT2D eigenvalue weighted by molar-refractivity contribution is -0.0205. The second-order valence-corrected chi connectivity index (χ2v) is 7.24. The molecule has 0 bridgehead atoms. The van der Waals surface area contributed by atoms with Crippen molar-refractivity contribution in [1.29, 1.82) is 0 Å². The molecule has 1 heterocycles. The van der Waals surface area contributed by atoms with Crippen LogP contribution in [0.5, 0.6) is 0 Å². The fraction of sp³-hybridized carbons (Fsp3) is 0.381. The van der Waals surface area contributed by atoms with E-state index in [-0.39, 0.29) is 31.2 Å². The Hall–Kier alpha value is -2.30. The lowest BCUT2D eigenvalue weighted by Gasteiger charge is -2.30. The zero-order valence-electron chi connectivity index (χ0n) is 16.9. The SMILES string of the molecule is CN(Cc1ccccc1)[C@@H]1[C@H](O)[C@H](CO)O[C@@H]1CNC(=O)Nc1ccc(F)cc1F.Cl. The number of amides is 2. The maximum atomic E-state index is 13.7. The van der Waals surface area contributed by atoms with E-state index >= 15 is 0 Å². The zero-order chi connectivity index (χ0) is 21.7. The van der Waals surface area contributed by atoms with Crippen molar-refractivity contribution in [3.8, 4) is 0 Å². The molecule has 1 aliphatic rings. The molecule has 1 saturated heterocycles. The van der Waals surface area contributed by atoms with Gasteiger partial charge in [-0.15, -0.1) is 12.4 Å². The number of halogens is 3. The molecular weight excluding hydrogens is 432 g/mol. The number of ether oxygens (including phenoxy) is 1. The molecule has 3 rings (SSSR count). The molecule has 2 aromatic carbocycles. The number of aliphatic hydroxyl groups is 2. The Kier molecular flexibility index (Phi) is 9.15. The predicted molar refractivity (Wildman–Crippen MR) is 114 cm³/mol. The van der Waals surface area contributed by atoms with Gasteiger partial charge >= 0.3 is 6.03 Å². The molecule has 4 N–H and O–H groups in total. The van der Waals surface area contributed by atoms with E-state index in [9.17, 15) is 23.8 Å². The van der Waals surface area contributed by atoms with Crippen molar-refractivity contribution in [2.24, 2.45) is 0 Å². The highest BCUT2D eigenvalue weighted by molar-refractivity contribution is 5.89. The summed E-state index contributed by atoms with van der Waals surface area (Å²) in [4.78, 5) is 14.0. The molecule has 7 nitrogen and oxygen atoms in total. The number of carbonyl (C=O) groups is 1. The van der Waals surface area contributed by atoms with Gasteiger partial charge in [-0.25, -0.2) is 13.6 Å². The Bertz CT molecular complexity index is 862. The average Bonchev–Trinajstić information content (AvgIpc) is 3.05. The van der Waals surface area contributed by atoms with Gasteiger partial charge in [0.05, 0.1) is 24.4 Å². The van der Waals surface area contributed by atoms with Crippen molar-refractivity contribution in [3.63, 3.8) is 0 Å². The molecule has 1 aliphatic heterocycles. The van der Waals surface area contributed by atoms with Gasteiger partial charge in [0, 0.05) is 19.2 Å². The number of carbonyl (C=O) groups excluding carboxylic acids is 1. The molecule has 31 heavy (non-hydrogen) atoms. The highest BCUT2D eigenvalue weighted by Gasteiger charge is 2.45. The van der Waals surface area contributed by atoms with Gasteiger partial charge in [0.25, 0.3) is 0 Å². The summed E-state index contributed by atoms with van der Waals surface area (Å²) in [5.41, 5.74) is 0.878. The van der Waals surface area contributed by atoms with Crippen molar-refractivity contribution < 1.29 is 28.5 Å². The van der Waals surface area contributed by atoms with Crippen molar-refractivity contribution in [3.05, 3.63) is 65.7 Å². The van der Waals surface area contributed by atoms with Crippen LogP contribution >= 0.6 is 12.4 Å². The predicted octanol–water partition coefficient (Wildman–Crippen LogP) is 2.13. The quantitative estimate of drug-likeness (QED) is 0.511. The first-order valence-corrected chi connectivity index (χ1v) is 9.57. The lowest BCUT2D eigenvalue weighted by Crippen LogP contribution is -2.49. The number of nitrogens with zero attached hydrogens (tertiary/aromatic N) is 1. The van der Waals surface area contributed by atoms with Gasteiger partial charge in [0.15, 0.2) is 0 Å². The van der Waals surface area contributed by atoms with Crippen LogP contribution < -0.4 is 10.6 Å². The molecule has 0 aliphatic carbocycles. The van der Waals surface area contributed by atoms with E-state index in [4.69, 9.17) is 4.74 Å². The molecule has 170 valence electrons. The van der Waals surface area contributed by atoms with Crippen LogP contribution in [0, 0.1) is 11.6 Å². The van der Waals surface area contributed by atoms with E-state index in [0.29, 0.717) is 12.6 Å². The normalized spacial score (nSPS) is 22.8. The smallest absolute Gasteiger partial charge is 0.319 e. The number of rotatable bonds is 7. The van der Waals surface area contributed by atoms with Crippen LogP contribution in [0.3, 0.4) is 0 Å². The summed E-state index contributed by atoms with van der Waals surface area (Å²) in [6.45, 7) is 0.194. The molecular formula is C21H26ClF2N3O4. The van der Waals surface area contributed by atoms with E-state index in [2.05, 4.69) is 10.6 Å². The number of hydrogen-bond acceptors (Lipinski definition) is 5. The first-order chi connectivity index (χ1) is 14.4. The van der Waals surface area contributed by atoms with Crippen LogP contribution in [-0.4, -0.2) is 65.7 Å². The zero-order valence-corrected chi connectivity index (χ0v) is 17.7. The fourth-order valence-electron chi connectivity index (χ4n) is 3.62. The summed E-state index contributed by atoms with van der Waals surface area (Å²) in [6.07, 6.45) is -2.33. The molecule has 2 aromatic rings. The molecule has 0 saturated carbocycles. The number of anilines is 1. The third-order valence-electron chi connectivity index (χ3n) is 5.07. The van der Waals surface area contributed by atoms with Gasteiger partial charge in [0.2, 0.25) is 0 Å². The van der Waals surface area contributed by atoms with Crippen molar-refractivity contribution in [1.82, 2.24) is 10.2 Å². The van der Waals surface area contributed by atoms with Crippen LogP contribution in [0.15, 0.2) is 48.5 Å². The van der Waals surface area contributed by atoms with Gasteiger partial charge in [-0.2, -0.15) is 0 Å². The summed E-state index contributed by atoms with van der Waals surface area (Å²) in [6, 6.07) is 11.3. The Balaban J connectivity index is 0.00000341. The molecule has 10 heteroatoms. The third kappa shape index (κ3) is 6.34. The summed E-state index contributed by atoms with van der Waals surface area (Å²) in [5.74, 6) is -1.63. The first-order valence-electron chi connectivity index (χ1n) is 9.57. The minimum atomic E-state index is -0.951. The largest absolute Gasteiger partial charge is 0.394 e. The fourth-order valence-corrected chi connectivity index (χ4v) is 3.62. The number of aliphatic hydroxyl groups excluding tert-OH is 2. The van der Waals surface area contributed by atoms with Crippen LogP contribution in [0.25, 0.3) is 0 Å². The second kappa shape index (κ2) is 11.4. The first kappa shape index (κ1) is 25.0. The van der Waals surface area contributed by atoms with E-state index in [1.807, 2.05) is 42.3 Å². The van der Waals surface area contributed by atoms with Crippen molar-refractivity contribution in [2.45, 2.75) is 30.9 Å². The molecule has 0 unspecified atom stereocenters. The molecule has 0 aromatic heterocycles. The van der Waals surface area contributed by atoms with Gasteiger partial charge in [-0.3, -0.25) is 4.90 Å². The van der Waals surface area contributed by atoms with E-state index in [1.54, 1.807) is 0 Å². The standard InChI is InChI=1S/C21H25F2N3O4.ClH/c1-26(11-13-5-3-2-4-6-13)19-17(30-18(12-27)20(19)28)10-24-21(29)25-16-8-7-14(22)9-15(16)23;/h2-9,17-20,27-28H,10-12H2,1H3,(H2,24,25,29);1H/t17-,18+,19+,20-;/m1./s1. The molecule has 0 radical (unpaired) electrons. The molecule has 2 amide bonds. The van der Waals surface area contributed by atoms with Crippen LogP contribution in [-0.2, 0) is 11.3 Å². The number of nitrogens with one attached hydrogen (secondary N) is 2. The second-order valence-electron chi connectivity index (χ2n) is 7.24. The van der Waals surface area contributed by atoms with Gasteiger partial charge in [-0.05, 0) is 24.7 Å². The highest BCUT2D eigenvalue weighted by atomic mass is 35.5. The van der Waals surface area contributed by atoms with Crippen LogP contribution in [0.4, 0.5) is 19.3 Å². The van der Waals surface area contributed by atoms with Gasteiger partial charge < -0.3 is 25.6 Å². The highest BCUT2D eigenvalue weighted by Crippen LogP contribution is 2.26. The molecule has 0 spiro atoms.